The zero-order valence-electron chi connectivity index (χ0n) is 4.87. The Morgan fingerprint density at radius 3 is 1.89 bits per heavy atom. The third-order valence-corrected chi connectivity index (χ3v) is 0.334. The molecule has 0 fully saturated rings. The first kappa shape index (κ1) is 12.2. The van der Waals surface area contributed by atoms with E-state index in [1.807, 2.05) is 0 Å². The summed E-state index contributed by atoms with van der Waals surface area (Å²) >= 11 is 0. The van der Waals surface area contributed by atoms with Crippen LogP contribution in [0.5, 0.6) is 0 Å². The van der Waals surface area contributed by atoms with E-state index in [0.717, 1.165) is 0 Å². The molecule has 0 atom stereocenters. The molecule has 0 unspecified atom stereocenters. The molecule has 0 amide bonds. The van der Waals surface area contributed by atoms with Crippen LogP contribution in [-0.4, -0.2) is 42.3 Å². The Morgan fingerprint density at radius 1 is 1.33 bits per heavy atom. The van der Waals surface area contributed by atoms with Gasteiger partial charge in [0.25, 0.3) is 0 Å². The van der Waals surface area contributed by atoms with E-state index in [1.54, 1.807) is 13.8 Å². The Hall–Kier alpha value is 0.502. The van der Waals surface area contributed by atoms with Gasteiger partial charge in [0.1, 0.15) is 0 Å². The van der Waals surface area contributed by atoms with E-state index < -0.39 is 7.32 Å². The van der Waals surface area contributed by atoms with Gasteiger partial charge in [0.15, 0.2) is 0 Å². The molecule has 0 aromatic carbocycles. The number of hydrogen-bond acceptors (Lipinski definition) is 4. The van der Waals surface area contributed by atoms with Crippen molar-refractivity contribution in [1.29, 1.82) is 0 Å². The van der Waals surface area contributed by atoms with Gasteiger partial charge in [-0.25, -0.2) is 9.69 Å². The Kier molecular flexibility index (Phi) is 8.98. The van der Waals surface area contributed by atoms with Crippen LogP contribution in [0.2, 0.25) is 0 Å². The zero-order chi connectivity index (χ0) is 6.57. The van der Waals surface area contributed by atoms with Gasteiger partial charge in [-0.3, -0.25) is 0 Å². The molecule has 4 nitrogen and oxygen atoms in total. The minimum absolute atomic E-state index is 0. The molecule has 0 radical (unpaired) electrons. The van der Waals surface area contributed by atoms with E-state index in [2.05, 4.69) is 9.69 Å². The van der Waals surface area contributed by atoms with Gasteiger partial charge in [-0.1, -0.05) is 0 Å². The van der Waals surface area contributed by atoms with Crippen LogP contribution in [0.25, 0.3) is 0 Å². The van der Waals surface area contributed by atoms with Crippen LogP contribution >= 0.6 is 0 Å². The molecular weight excluding hydrogens is 118 g/mol. The van der Waals surface area contributed by atoms with Gasteiger partial charge in [0, 0.05) is 0 Å². The first-order chi connectivity index (χ1) is 3.63. The second kappa shape index (κ2) is 6.62. The molecule has 0 heterocycles. The maximum atomic E-state index is 8.01. The second-order valence-corrected chi connectivity index (χ2v) is 1.57. The van der Waals surface area contributed by atoms with Crippen molar-refractivity contribution in [2.24, 2.45) is 0 Å². The zero-order valence-corrected chi connectivity index (χ0v) is 4.87. The predicted molar refractivity (Wildman–Crippen MR) is 34.6 cm³/mol. The molecule has 50 valence electrons. The van der Waals surface area contributed by atoms with Crippen molar-refractivity contribution in [2.75, 3.05) is 0 Å². The topological polar surface area (TPSA) is 58.9 Å². The van der Waals surface area contributed by atoms with Crippen molar-refractivity contribution in [3.63, 3.8) is 0 Å². The van der Waals surface area contributed by atoms with Crippen molar-refractivity contribution in [3.8, 4) is 0 Å². The van der Waals surface area contributed by atoms with Gasteiger partial charge in [-0.2, -0.15) is 0 Å². The van der Waals surface area contributed by atoms with E-state index in [-0.39, 0.29) is 25.0 Å². The maximum absolute atomic E-state index is 8.01. The molecule has 0 aromatic rings. The van der Waals surface area contributed by atoms with E-state index in [1.165, 1.54) is 0 Å². The second-order valence-electron chi connectivity index (χ2n) is 1.57. The Bertz CT molecular complexity index is 51.8. The summed E-state index contributed by atoms with van der Waals surface area (Å²) in [5.74, 6) is 0. The fraction of sp³-hybridized carbons (Fsp3) is 1.00. The standard InChI is InChI=1S/C3H9BO4.Li.H/c1-3(2)7-8-4(5)6;;/h3,5-6H,1-2H3;;. The molecule has 0 saturated carbocycles. The van der Waals surface area contributed by atoms with Gasteiger partial charge in [0.2, 0.25) is 0 Å². The van der Waals surface area contributed by atoms with Gasteiger partial charge in [-0.05, 0) is 13.8 Å². The van der Waals surface area contributed by atoms with Crippen LogP contribution in [-0.2, 0) is 9.69 Å². The summed E-state index contributed by atoms with van der Waals surface area (Å²) in [6.45, 7) is 3.42. The minimum atomic E-state index is -1.84. The van der Waals surface area contributed by atoms with Crippen LogP contribution in [0.15, 0.2) is 0 Å². The molecule has 0 aliphatic rings. The average Bonchev–Trinajstić information content (AvgIpc) is 1.61. The molecule has 2 N–H and O–H groups in total. The van der Waals surface area contributed by atoms with E-state index in [0.29, 0.717) is 0 Å². The van der Waals surface area contributed by atoms with Gasteiger partial charge < -0.3 is 10.0 Å². The molecule has 6 heteroatoms. The predicted octanol–water partition coefficient (Wildman–Crippen LogP) is -1.34. The summed E-state index contributed by atoms with van der Waals surface area (Å²) in [5, 5.41) is 16.0. The Balaban J connectivity index is 0. The molecule has 0 spiro atoms. The summed E-state index contributed by atoms with van der Waals surface area (Å²) in [4.78, 5) is 8.22. The monoisotopic (exact) mass is 128 g/mol. The van der Waals surface area contributed by atoms with Crippen LogP contribution in [0.1, 0.15) is 13.8 Å². The Labute approximate surface area is 66.4 Å². The van der Waals surface area contributed by atoms with Crippen molar-refractivity contribution in [2.45, 2.75) is 20.0 Å². The first-order valence-corrected chi connectivity index (χ1v) is 2.31. The van der Waals surface area contributed by atoms with Crippen LogP contribution < -0.4 is 0 Å². The number of rotatable bonds is 3. The van der Waals surface area contributed by atoms with Gasteiger partial charge in [0.05, 0.1) is 6.10 Å². The fourth-order valence-electron chi connectivity index (χ4n) is 0.161. The summed E-state index contributed by atoms with van der Waals surface area (Å²) in [6, 6.07) is 0. The van der Waals surface area contributed by atoms with E-state index in [9.17, 15) is 0 Å². The van der Waals surface area contributed by atoms with Crippen molar-refractivity contribution < 1.29 is 19.7 Å². The van der Waals surface area contributed by atoms with Crippen LogP contribution in [0, 0.1) is 0 Å². The number of hydrogen-bond donors (Lipinski definition) is 2. The van der Waals surface area contributed by atoms with E-state index in [4.69, 9.17) is 10.0 Å². The summed E-state index contributed by atoms with van der Waals surface area (Å²) < 4.78 is 0. The summed E-state index contributed by atoms with van der Waals surface area (Å²) in [5.41, 5.74) is 0. The summed E-state index contributed by atoms with van der Waals surface area (Å²) in [6.07, 6.45) is -0.156. The van der Waals surface area contributed by atoms with Gasteiger partial charge in [-0.15, -0.1) is 0 Å². The Morgan fingerprint density at radius 2 is 1.78 bits per heavy atom. The molecule has 0 aliphatic heterocycles. The van der Waals surface area contributed by atoms with E-state index >= 15 is 0 Å². The first-order valence-electron chi connectivity index (χ1n) is 2.31. The SMILES string of the molecule is CC(C)OOB(O)O.[LiH]. The van der Waals surface area contributed by atoms with Crippen LogP contribution in [0.4, 0.5) is 0 Å². The molecule has 0 aromatic heterocycles. The molecule has 0 bridgehead atoms. The molecular formula is C3H10BLiO4. The average molecular weight is 128 g/mol. The molecule has 0 rings (SSSR count). The summed E-state index contributed by atoms with van der Waals surface area (Å²) in [7, 11) is -1.84. The molecule has 0 aliphatic carbocycles. The van der Waals surface area contributed by atoms with Crippen molar-refractivity contribution >= 4 is 26.2 Å². The quantitative estimate of drug-likeness (QED) is 0.280. The normalized spacial score (nSPS) is 9.00. The van der Waals surface area contributed by atoms with Gasteiger partial charge >= 0.3 is 26.2 Å². The third kappa shape index (κ3) is 11.9. The van der Waals surface area contributed by atoms with Crippen molar-refractivity contribution in [1.82, 2.24) is 0 Å². The van der Waals surface area contributed by atoms with Crippen molar-refractivity contribution in [3.05, 3.63) is 0 Å². The van der Waals surface area contributed by atoms with Crippen LogP contribution in [0.3, 0.4) is 0 Å². The molecule has 9 heavy (non-hydrogen) atoms. The molecule has 0 saturated heterocycles. The third-order valence-electron chi connectivity index (χ3n) is 0.334. The fourth-order valence-corrected chi connectivity index (χ4v) is 0.161.